The fourth-order valence-electron chi connectivity index (χ4n) is 1.03. The van der Waals surface area contributed by atoms with Crippen molar-refractivity contribution in [1.29, 1.82) is 0 Å². The number of nitrogens with one attached hydrogen (secondary N) is 2. The molecule has 1 aromatic rings. The summed E-state index contributed by atoms with van der Waals surface area (Å²) in [5.74, 6) is -0.376. The van der Waals surface area contributed by atoms with Gasteiger partial charge in [-0.2, -0.15) is 0 Å². The van der Waals surface area contributed by atoms with Crippen LogP contribution in [0.15, 0.2) is 36.9 Å². The van der Waals surface area contributed by atoms with Crippen LogP contribution in [-0.2, 0) is 0 Å². The molecule has 0 heterocycles. The fourth-order valence-corrected chi connectivity index (χ4v) is 1.03. The number of urea groups is 1. The zero-order valence-corrected chi connectivity index (χ0v) is 8.29. The standard InChI is InChI=1S/C11H13FN2O/c1-2-3-7-13-11(15)14-10-6-4-5-9(12)8-10/h2,4-6,8H,1,3,7H2,(H2,13,14,15). The Morgan fingerprint density at radius 2 is 2.33 bits per heavy atom. The Bertz CT molecular complexity index is 352. The van der Waals surface area contributed by atoms with Crippen LogP contribution in [0.25, 0.3) is 0 Å². The number of anilines is 1. The van der Waals surface area contributed by atoms with Crippen LogP contribution in [0.1, 0.15) is 6.42 Å². The summed E-state index contributed by atoms with van der Waals surface area (Å²) in [5, 5.41) is 5.13. The molecule has 2 amide bonds. The van der Waals surface area contributed by atoms with Gasteiger partial charge in [0.05, 0.1) is 0 Å². The highest BCUT2D eigenvalue weighted by atomic mass is 19.1. The molecule has 0 unspecified atom stereocenters. The molecule has 80 valence electrons. The molecule has 1 aromatic carbocycles. The highest BCUT2D eigenvalue weighted by Gasteiger charge is 2.00. The van der Waals surface area contributed by atoms with Crippen LogP contribution in [0, 0.1) is 5.82 Å². The van der Waals surface area contributed by atoms with Crippen molar-refractivity contribution in [2.75, 3.05) is 11.9 Å². The Kier molecular flexibility index (Phi) is 4.34. The van der Waals surface area contributed by atoms with Crippen LogP contribution in [0.4, 0.5) is 14.9 Å². The molecule has 0 aliphatic rings. The Hall–Kier alpha value is -1.84. The summed E-state index contributed by atoms with van der Waals surface area (Å²) in [6.07, 6.45) is 2.42. The topological polar surface area (TPSA) is 41.1 Å². The minimum absolute atomic E-state index is 0.345. The van der Waals surface area contributed by atoms with Crippen molar-refractivity contribution < 1.29 is 9.18 Å². The Labute approximate surface area is 88.0 Å². The lowest BCUT2D eigenvalue weighted by Crippen LogP contribution is -2.29. The summed E-state index contributed by atoms with van der Waals surface area (Å²) in [5.41, 5.74) is 0.436. The van der Waals surface area contributed by atoms with Gasteiger partial charge in [0.1, 0.15) is 5.82 Å². The zero-order valence-electron chi connectivity index (χ0n) is 8.29. The van der Waals surface area contributed by atoms with E-state index in [0.29, 0.717) is 18.7 Å². The van der Waals surface area contributed by atoms with E-state index in [-0.39, 0.29) is 11.8 Å². The maximum Gasteiger partial charge on any atom is 0.319 e. The van der Waals surface area contributed by atoms with Crippen LogP contribution in [0.5, 0.6) is 0 Å². The van der Waals surface area contributed by atoms with E-state index in [2.05, 4.69) is 17.2 Å². The first-order valence-corrected chi connectivity index (χ1v) is 4.63. The van der Waals surface area contributed by atoms with Gasteiger partial charge in [0.15, 0.2) is 0 Å². The van der Waals surface area contributed by atoms with Gasteiger partial charge in [-0.25, -0.2) is 9.18 Å². The Balaban J connectivity index is 2.40. The van der Waals surface area contributed by atoms with Crippen molar-refractivity contribution in [1.82, 2.24) is 5.32 Å². The molecule has 0 saturated heterocycles. The number of rotatable bonds is 4. The molecule has 0 fully saturated rings. The van der Waals surface area contributed by atoms with Crippen molar-refractivity contribution in [3.8, 4) is 0 Å². The molecule has 0 bridgehead atoms. The van der Waals surface area contributed by atoms with E-state index in [9.17, 15) is 9.18 Å². The Morgan fingerprint density at radius 3 is 3.00 bits per heavy atom. The number of carbonyl (C=O) groups is 1. The SMILES string of the molecule is C=CCCNC(=O)Nc1cccc(F)c1. The molecular formula is C11H13FN2O. The van der Waals surface area contributed by atoms with Crippen LogP contribution >= 0.6 is 0 Å². The molecule has 0 aromatic heterocycles. The van der Waals surface area contributed by atoms with Crippen molar-refractivity contribution in [3.05, 3.63) is 42.7 Å². The maximum atomic E-state index is 12.7. The molecular weight excluding hydrogens is 195 g/mol. The number of benzene rings is 1. The molecule has 0 aliphatic carbocycles. The third-order valence-electron chi connectivity index (χ3n) is 1.72. The molecule has 0 spiro atoms. The summed E-state index contributed by atoms with van der Waals surface area (Å²) in [6.45, 7) is 4.05. The van der Waals surface area contributed by atoms with E-state index in [0.717, 1.165) is 0 Å². The number of amides is 2. The fraction of sp³-hybridized carbons (Fsp3) is 0.182. The smallest absolute Gasteiger partial charge is 0.319 e. The van der Waals surface area contributed by atoms with Gasteiger partial charge in [0.25, 0.3) is 0 Å². The van der Waals surface area contributed by atoms with E-state index < -0.39 is 0 Å². The van der Waals surface area contributed by atoms with Crippen LogP contribution < -0.4 is 10.6 Å². The van der Waals surface area contributed by atoms with E-state index >= 15 is 0 Å². The molecule has 4 heteroatoms. The lowest BCUT2D eigenvalue weighted by atomic mass is 10.3. The highest BCUT2D eigenvalue weighted by molar-refractivity contribution is 5.89. The predicted molar refractivity (Wildman–Crippen MR) is 58.2 cm³/mol. The molecule has 1 rings (SSSR count). The average molecular weight is 208 g/mol. The first-order valence-electron chi connectivity index (χ1n) is 4.63. The quantitative estimate of drug-likeness (QED) is 0.579. The zero-order chi connectivity index (χ0) is 11.1. The summed E-state index contributed by atoms with van der Waals surface area (Å²) in [6, 6.07) is 5.39. The van der Waals surface area contributed by atoms with E-state index in [1.165, 1.54) is 18.2 Å². The lowest BCUT2D eigenvalue weighted by Gasteiger charge is -2.06. The van der Waals surface area contributed by atoms with Crippen molar-refractivity contribution in [2.45, 2.75) is 6.42 Å². The largest absolute Gasteiger partial charge is 0.338 e. The van der Waals surface area contributed by atoms with Gasteiger partial charge in [0, 0.05) is 12.2 Å². The summed E-state index contributed by atoms with van der Waals surface area (Å²) >= 11 is 0. The monoisotopic (exact) mass is 208 g/mol. The van der Waals surface area contributed by atoms with Crippen LogP contribution in [0.3, 0.4) is 0 Å². The summed E-state index contributed by atoms with van der Waals surface area (Å²) < 4.78 is 12.7. The predicted octanol–water partition coefficient (Wildman–Crippen LogP) is 2.52. The third kappa shape index (κ3) is 4.26. The van der Waals surface area contributed by atoms with E-state index in [1.807, 2.05) is 0 Å². The van der Waals surface area contributed by atoms with Gasteiger partial charge in [-0.1, -0.05) is 12.1 Å². The molecule has 2 N–H and O–H groups in total. The average Bonchev–Trinajstić information content (AvgIpc) is 2.18. The molecule has 0 saturated carbocycles. The van der Waals surface area contributed by atoms with Gasteiger partial charge in [0.2, 0.25) is 0 Å². The number of carbonyl (C=O) groups excluding carboxylic acids is 1. The van der Waals surface area contributed by atoms with Gasteiger partial charge >= 0.3 is 6.03 Å². The van der Waals surface area contributed by atoms with Gasteiger partial charge in [-0.05, 0) is 24.6 Å². The van der Waals surface area contributed by atoms with Crippen molar-refractivity contribution in [3.63, 3.8) is 0 Å². The number of hydrogen-bond donors (Lipinski definition) is 2. The van der Waals surface area contributed by atoms with Crippen molar-refractivity contribution in [2.24, 2.45) is 0 Å². The first kappa shape index (κ1) is 11.2. The molecule has 15 heavy (non-hydrogen) atoms. The second kappa shape index (κ2) is 5.80. The third-order valence-corrected chi connectivity index (χ3v) is 1.72. The van der Waals surface area contributed by atoms with Crippen LogP contribution in [-0.4, -0.2) is 12.6 Å². The van der Waals surface area contributed by atoms with Crippen molar-refractivity contribution >= 4 is 11.7 Å². The lowest BCUT2D eigenvalue weighted by molar-refractivity contribution is 0.252. The second-order valence-corrected chi connectivity index (χ2v) is 2.97. The first-order chi connectivity index (χ1) is 7.22. The number of hydrogen-bond acceptors (Lipinski definition) is 1. The van der Waals surface area contributed by atoms with Gasteiger partial charge < -0.3 is 10.6 Å². The Morgan fingerprint density at radius 1 is 1.53 bits per heavy atom. The maximum absolute atomic E-state index is 12.7. The minimum atomic E-state index is -0.376. The second-order valence-electron chi connectivity index (χ2n) is 2.97. The summed E-state index contributed by atoms with van der Waals surface area (Å²) in [7, 11) is 0. The minimum Gasteiger partial charge on any atom is -0.338 e. The molecule has 0 aliphatic heterocycles. The van der Waals surface area contributed by atoms with Gasteiger partial charge in [-0.3, -0.25) is 0 Å². The number of halogens is 1. The molecule has 3 nitrogen and oxygen atoms in total. The van der Waals surface area contributed by atoms with Gasteiger partial charge in [-0.15, -0.1) is 6.58 Å². The highest BCUT2D eigenvalue weighted by Crippen LogP contribution is 2.08. The van der Waals surface area contributed by atoms with E-state index in [1.54, 1.807) is 12.1 Å². The molecule has 0 radical (unpaired) electrons. The van der Waals surface area contributed by atoms with Crippen LogP contribution in [0.2, 0.25) is 0 Å². The van der Waals surface area contributed by atoms with E-state index in [4.69, 9.17) is 0 Å². The normalized spacial score (nSPS) is 9.40. The molecule has 0 atom stereocenters. The summed E-state index contributed by atoms with van der Waals surface area (Å²) in [4.78, 5) is 11.2.